The van der Waals surface area contributed by atoms with Crippen LogP contribution in [0, 0.1) is 17.8 Å². The SMILES string of the molecule is N[C@]1(C(=O)O)[C@H]2[C@@H](C[C@H]1OC(c1ccc(Cl)cc1)c1ccc(Cl)cc1)[C@@H]2C(=O)O. The van der Waals surface area contributed by atoms with Gasteiger partial charge < -0.3 is 20.7 Å². The maximum atomic E-state index is 12.0. The molecule has 0 spiro atoms. The molecule has 4 rings (SSSR count). The zero-order valence-corrected chi connectivity index (χ0v) is 16.7. The van der Waals surface area contributed by atoms with Crippen molar-refractivity contribution in [2.45, 2.75) is 24.2 Å². The van der Waals surface area contributed by atoms with E-state index >= 15 is 0 Å². The third-order valence-corrected chi connectivity index (χ3v) is 6.54. The molecule has 2 fully saturated rings. The van der Waals surface area contributed by atoms with Crippen LogP contribution in [0.2, 0.25) is 10.0 Å². The van der Waals surface area contributed by atoms with E-state index in [0.717, 1.165) is 11.1 Å². The second-order valence-electron chi connectivity index (χ2n) is 7.64. The lowest BCUT2D eigenvalue weighted by Gasteiger charge is -2.34. The van der Waals surface area contributed by atoms with Crippen LogP contribution < -0.4 is 5.73 Å². The highest BCUT2D eigenvalue weighted by Gasteiger charge is 2.74. The van der Waals surface area contributed by atoms with Crippen molar-refractivity contribution in [2.75, 3.05) is 0 Å². The molecule has 0 aliphatic heterocycles. The Morgan fingerprint density at radius 1 is 1.00 bits per heavy atom. The summed E-state index contributed by atoms with van der Waals surface area (Å²) in [5.41, 5.74) is 6.08. The third-order valence-electron chi connectivity index (χ3n) is 6.04. The van der Waals surface area contributed by atoms with Gasteiger partial charge in [-0.3, -0.25) is 9.59 Å². The Morgan fingerprint density at radius 2 is 1.48 bits per heavy atom. The number of carboxylic acids is 2. The van der Waals surface area contributed by atoms with Crippen LogP contribution >= 0.6 is 23.2 Å². The van der Waals surface area contributed by atoms with E-state index in [2.05, 4.69) is 0 Å². The Balaban J connectivity index is 1.67. The van der Waals surface area contributed by atoms with E-state index < -0.39 is 41.5 Å². The van der Waals surface area contributed by atoms with Gasteiger partial charge in [0.2, 0.25) is 0 Å². The summed E-state index contributed by atoms with van der Waals surface area (Å²) >= 11 is 12.0. The van der Waals surface area contributed by atoms with Crippen molar-refractivity contribution in [3.05, 3.63) is 69.7 Å². The van der Waals surface area contributed by atoms with E-state index in [-0.39, 0.29) is 12.3 Å². The number of halogens is 2. The van der Waals surface area contributed by atoms with Crippen LogP contribution in [0.15, 0.2) is 48.5 Å². The lowest BCUT2D eigenvalue weighted by Crippen LogP contribution is -2.59. The highest BCUT2D eigenvalue weighted by Crippen LogP contribution is 2.62. The molecule has 29 heavy (non-hydrogen) atoms. The number of hydrogen-bond donors (Lipinski definition) is 3. The molecular weight excluding hydrogens is 417 g/mol. The van der Waals surface area contributed by atoms with Crippen LogP contribution in [0.5, 0.6) is 0 Å². The molecule has 152 valence electrons. The number of fused-ring (bicyclic) bond motifs is 1. The number of carbonyl (C=O) groups is 2. The molecule has 2 saturated carbocycles. The number of hydrogen-bond acceptors (Lipinski definition) is 4. The Kier molecular flexibility index (Phi) is 5.07. The molecule has 2 aliphatic rings. The normalized spacial score (nSPS) is 30.2. The Bertz CT molecular complexity index is 903. The Labute approximate surface area is 177 Å². The van der Waals surface area contributed by atoms with Crippen molar-refractivity contribution < 1.29 is 24.5 Å². The predicted molar refractivity (Wildman–Crippen MR) is 107 cm³/mol. The maximum absolute atomic E-state index is 12.0. The topological polar surface area (TPSA) is 110 Å². The van der Waals surface area contributed by atoms with Gasteiger partial charge in [0.05, 0.1) is 12.0 Å². The molecule has 8 heteroatoms. The van der Waals surface area contributed by atoms with Crippen molar-refractivity contribution in [1.29, 1.82) is 0 Å². The van der Waals surface area contributed by atoms with Gasteiger partial charge in [0.25, 0.3) is 0 Å². The van der Waals surface area contributed by atoms with Crippen LogP contribution in [0.1, 0.15) is 23.7 Å². The molecule has 2 aliphatic carbocycles. The molecular formula is C21H19Cl2NO5. The van der Waals surface area contributed by atoms with E-state index in [9.17, 15) is 19.8 Å². The van der Waals surface area contributed by atoms with Gasteiger partial charge in [-0.15, -0.1) is 0 Å². The molecule has 0 heterocycles. The molecule has 0 bridgehead atoms. The largest absolute Gasteiger partial charge is 0.481 e. The lowest BCUT2D eigenvalue weighted by molar-refractivity contribution is -0.153. The summed E-state index contributed by atoms with van der Waals surface area (Å²) < 4.78 is 6.28. The molecule has 0 amide bonds. The highest BCUT2D eigenvalue weighted by molar-refractivity contribution is 6.30. The second-order valence-corrected chi connectivity index (χ2v) is 8.51. The molecule has 2 aromatic rings. The van der Waals surface area contributed by atoms with E-state index in [1.807, 2.05) is 0 Å². The second kappa shape index (κ2) is 7.29. The Hall–Kier alpha value is -2.12. The van der Waals surface area contributed by atoms with Gasteiger partial charge in [-0.05, 0) is 47.7 Å². The van der Waals surface area contributed by atoms with E-state index in [0.29, 0.717) is 10.0 Å². The van der Waals surface area contributed by atoms with Gasteiger partial charge in [0.1, 0.15) is 11.6 Å². The fourth-order valence-electron chi connectivity index (χ4n) is 4.55. The first-order chi connectivity index (χ1) is 13.7. The third kappa shape index (κ3) is 3.40. The van der Waals surface area contributed by atoms with Crippen molar-refractivity contribution >= 4 is 35.1 Å². The summed E-state index contributed by atoms with van der Waals surface area (Å²) in [5.74, 6) is -3.93. The molecule has 2 aromatic carbocycles. The van der Waals surface area contributed by atoms with Gasteiger partial charge in [-0.25, -0.2) is 0 Å². The summed E-state index contributed by atoms with van der Waals surface area (Å²) in [5, 5.41) is 20.3. The molecule has 6 nitrogen and oxygen atoms in total. The average molecular weight is 436 g/mol. The molecule has 5 atom stereocenters. The quantitative estimate of drug-likeness (QED) is 0.639. The smallest absolute Gasteiger partial charge is 0.326 e. The van der Waals surface area contributed by atoms with Crippen LogP contribution in [-0.2, 0) is 14.3 Å². The van der Waals surface area contributed by atoms with Crippen LogP contribution in [0.3, 0.4) is 0 Å². The summed E-state index contributed by atoms with van der Waals surface area (Å²) in [7, 11) is 0. The van der Waals surface area contributed by atoms with Gasteiger partial charge in [-0.2, -0.15) is 0 Å². The zero-order valence-electron chi connectivity index (χ0n) is 15.2. The highest BCUT2D eigenvalue weighted by atomic mass is 35.5. The number of carboxylic acid groups (broad SMARTS) is 2. The minimum absolute atomic E-state index is 0.280. The number of rotatable bonds is 6. The Morgan fingerprint density at radius 3 is 1.90 bits per heavy atom. The molecule has 0 radical (unpaired) electrons. The monoisotopic (exact) mass is 435 g/mol. The van der Waals surface area contributed by atoms with Crippen LogP contribution in [0.4, 0.5) is 0 Å². The maximum Gasteiger partial charge on any atom is 0.326 e. The first kappa shape index (κ1) is 20.2. The van der Waals surface area contributed by atoms with Gasteiger partial charge in [-0.1, -0.05) is 47.5 Å². The van der Waals surface area contributed by atoms with E-state index in [4.69, 9.17) is 33.7 Å². The summed E-state index contributed by atoms with van der Waals surface area (Å²) in [4.78, 5) is 23.5. The van der Waals surface area contributed by atoms with Crippen LogP contribution in [-0.4, -0.2) is 33.8 Å². The first-order valence-electron chi connectivity index (χ1n) is 9.15. The molecule has 0 unspecified atom stereocenters. The minimum atomic E-state index is -1.76. The lowest BCUT2D eigenvalue weighted by atomic mass is 9.88. The number of benzene rings is 2. The summed E-state index contributed by atoms with van der Waals surface area (Å²) in [6.07, 6.45) is -1.15. The first-order valence-corrected chi connectivity index (χ1v) is 9.90. The van der Waals surface area contributed by atoms with Crippen molar-refractivity contribution in [3.8, 4) is 0 Å². The molecule has 0 aromatic heterocycles. The average Bonchev–Trinajstić information content (AvgIpc) is 3.33. The summed E-state index contributed by atoms with van der Waals surface area (Å²) in [6.45, 7) is 0. The van der Waals surface area contributed by atoms with E-state index in [1.54, 1.807) is 48.5 Å². The number of ether oxygens (including phenoxy) is 1. The van der Waals surface area contributed by atoms with E-state index in [1.165, 1.54) is 0 Å². The summed E-state index contributed by atoms with van der Waals surface area (Å²) in [6, 6.07) is 14.1. The van der Waals surface area contributed by atoms with Gasteiger partial charge >= 0.3 is 11.9 Å². The van der Waals surface area contributed by atoms with Crippen LogP contribution in [0.25, 0.3) is 0 Å². The zero-order chi connectivity index (χ0) is 20.9. The predicted octanol–water partition coefficient (Wildman–Crippen LogP) is 3.60. The fraction of sp³-hybridized carbons (Fsp3) is 0.333. The standard InChI is InChI=1S/C21H19Cl2NO5/c22-12-5-1-10(2-6-12)18(11-3-7-13(23)8-4-11)29-15-9-14-16(19(25)26)17(14)21(15,24)20(27)28/h1-8,14-18H,9,24H2,(H,25,26)(H,27,28)/t14-,15+,16-,17-,21-/m0/s1. The van der Waals surface area contributed by atoms with Gasteiger partial charge in [0.15, 0.2) is 0 Å². The molecule has 0 saturated heterocycles. The van der Waals surface area contributed by atoms with Crippen molar-refractivity contribution in [2.24, 2.45) is 23.5 Å². The molecule has 4 N–H and O–H groups in total. The van der Waals surface area contributed by atoms with Crippen molar-refractivity contribution in [3.63, 3.8) is 0 Å². The fourth-order valence-corrected chi connectivity index (χ4v) is 4.80. The number of nitrogens with two attached hydrogens (primary N) is 1. The van der Waals surface area contributed by atoms with Gasteiger partial charge in [0, 0.05) is 16.0 Å². The minimum Gasteiger partial charge on any atom is -0.481 e. The van der Waals surface area contributed by atoms with Crippen molar-refractivity contribution in [1.82, 2.24) is 0 Å². The number of aliphatic carboxylic acids is 2.